The molecule has 0 spiro atoms. The van der Waals surface area contributed by atoms with Crippen molar-refractivity contribution < 1.29 is 0 Å². The molecule has 0 radical (unpaired) electrons. The van der Waals surface area contributed by atoms with Gasteiger partial charge < -0.3 is 5.73 Å². The summed E-state index contributed by atoms with van der Waals surface area (Å²) in [6, 6.07) is 16.6. The van der Waals surface area contributed by atoms with Crippen molar-refractivity contribution in [3.05, 3.63) is 63.0 Å². The van der Waals surface area contributed by atoms with Crippen LogP contribution in [0.1, 0.15) is 5.56 Å². The van der Waals surface area contributed by atoms with E-state index in [2.05, 4.69) is 56.1 Å². The van der Waals surface area contributed by atoms with E-state index < -0.39 is 0 Å². The third kappa shape index (κ3) is 4.63. The van der Waals surface area contributed by atoms with Crippen LogP contribution in [-0.4, -0.2) is 11.8 Å². The van der Waals surface area contributed by atoms with Crippen LogP contribution in [0.3, 0.4) is 0 Å². The molecule has 2 aromatic rings. The lowest BCUT2D eigenvalue weighted by Crippen LogP contribution is -2.25. The van der Waals surface area contributed by atoms with Gasteiger partial charge in [0.05, 0.1) is 0 Å². The van der Waals surface area contributed by atoms with Crippen LogP contribution < -0.4 is 5.73 Å². The minimum Gasteiger partial charge on any atom is -0.327 e. The SMILES string of the molecule is NC(CSc1ccccc1Br)Cc1ccccc1Br. The first-order valence-electron chi connectivity index (χ1n) is 6.03. The van der Waals surface area contributed by atoms with Gasteiger partial charge in [-0.1, -0.05) is 46.3 Å². The fourth-order valence-electron chi connectivity index (χ4n) is 1.76. The Balaban J connectivity index is 1.90. The van der Waals surface area contributed by atoms with Crippen LogP contribution in [0, 0.1) is 0 Å². The highest BCUT2D eigenvalue weighted by Gasteiger charge is 2.08. The van der Waals surface area contributed by atoms with Crippen LogP contribution in [0.4, 0.5) is 0 Å². The molecule has 4 heteroatoms. The molecule has 0 aromatic heterocycles. The average molecular weight is 401 g/mol. The molecule has 1 unspecified atom stereocenters. The number of benzene rings is 2. The largest absolute Gasteiger partial charge is 0.327 e. The number of rotatable bonds is 5. The van der Waals surface area contributed by atoms with Crippen molar-refractivity contribution in [3.63, 3.8) is 0 Å². The smallest absolute Gasteiger partial charge is 0.0311 e. The highest BCUT2D eigenvalue weighted by atomic mass is 79.9. The van der Waals surface area contributed by atoms with Crippen LogP contribution in [0.15, 0.2) is 62.4 Å². The molecule has 0 saturated heterocycles. The minimum atomic E-state index is 0.149. The fraction of sp³-hybridized carbons (Fsp3) is 0.200. The Labute approximate surface area is 135 Å². The second-order valence-electron chi connectivity index (χ2n) is 4.30. The molecule has 1 nitrogen and oxygen atoms in total. The summed E-state index contributed by atoms with van der Waals surface area (Å²) in [5.41, 5.74) is 7.48. The minimum absolute atomic E-state index is 0.149. The van der Waals surface area contributed by atoms with Crippen molar-refractivity contribution in [3.8, 4) is 0 Å². The van der Waals surface area contributed by atoms with Gasteiger partial charge in [0.1, 0.15) is 0 Å². The van der Waals surface area contributed by atoms with Crippen molar-refractivity contribution in [1.82, 2.24) is 0 Å². The zero-order valence-electron chi connectivity index (χ0n) is 10.4. The summed E-state index contributed by atoms with van der Waals surface area (Å²) < 4.78 is 2.27. The number of halogens is 2. The summed E-state index contributed by atoms with van der Waals surface area (Å²) in [6.45, 7) is 0. The predicted molar refractivity (Wildman–Crippen MR) is 90.7 cm³/mol. The molecule has 0 aliphatic carbocycles. The number of nitrogens with two attached hydrogens (primary N) is 1. The standard InChI is InChI=1S/C15H15Br2NS/c16-13-6-2-1-5-11(13)9-12(18)10-19-15-8-4-3-7-14(15)17/h1-8,12H,9-10,18H2. The Bertz CT molecular complexity index is 545. The van der Waals surface area contributed by atoms with Gasteiger partial charge in [0.2, 0.25) is 0 Å². The van der Waals surface area contributed by atoms with E-state index >= 15 is 0 Å². The summed E-state index contributed by atoms with van der Waals surface area (Å²) in [4.78, 5) is 1.24. The zero-order valence-corrected chi connectivity index (χ0v) is 14.3. The average Bonchev–Trinajstić information content (AvgIpc) is 2.40. The first kappa shape index (κ1) is 15.1. The first-order chi connectivity index (χ1) is 9.16. The second kappa shape index (κ2) is 7.48. The van der Waals surface area contributed by atoms with Gasteiger partial charge in [-0.2, -0.15) is 0 Å². The van der Waals surface area contributed by atoms with E-state index in [4.69, 9.17) is 5.73 Å². The molecule has 2 N–H and O–H groups in total. The van der Waals surface area contributed by atoms with Crippen molar-refractivity contribution in [1.29, 1.82) is 0 Å². The lowest BCUT2D eigenvalue weighted by atomic mass is 10.1. The zero-order chi connectivity index (χ0) is 13.7. The highest BCUT2D eigenvalue weighted by molar-refractivity contribution is 9.10. The molecule has 1 atom stereocenters. The normalized spacial score (nSPS) is 12.4. The fourth-order valence-corrected chi connectivity index (χ4v) is 3.73. The molecular weight excluding hydrogens is 386 g/mol. The molecule has 19 heavy (non-hydrogen) atoms. The van der Waals surface area contributed by atoms with Crippen LogP contribution in [0.2, 0.25) is 0 Å². The van der Waals surface area contributed by atoms with E-state index in [0.29, 0.717) is 0 Å². The van der Waals surface area contributed by atoms with E-state index in [1.165, 1.54) is 10.5 Å². The van der Waals surface area contributed by atoms with E-state index in [0.717, 1.165) is 21.1 Å². The maximum absolute atomic E-state index is 6.22. The number of hydrogen-bond donors (Lipinski definition) is 1. The van der Waals surface area contributed by atoms with Crippen LogP contribution >= 0.6 is 43.6 Å². The third-order valence-corrected chi connectivity index (χ3v) is 5.72. The van der Waals surface area contributed by atoms with Gasteiger partial charge in [-0.15, -0.1) is 11.8 Å². The molecule has 2 aromatic carbocycles. The lowest BCUT2D eigenvalue weighted by Gasteiger charge is -2.13. The molecule has 2 rings (SSSR count). The second-order valence-corrected chi connectivity index (χ2v) is 7.07. The molecule has 0 fully saturated rings. The summed E-state index contributed by atoms with van der Waals surface area (Å²) >= 11 is 8.91. The van der Waals surface area contributed by atoms with Gasteiger partial charge in [0.25, 0.3) is 0 Å². The topological polar surface area (TPSA) is 26.0 Å². The Morgan fingerprint density at radius 1 is 0.947 bits per heavy atom. The first-order valence-corrected chi connectivity index (χ1v) is 8.60. The van der Waals surface area contributed by atoms with Gasteiger partial charge in [0, 0.05) is 25.6 Å². The maximum Gasteiger partial charge on any atom is 0.0311 e. The van der Waals surface area contributed by atoms with Gasteiger partial charge in [-0.05, 0) is 46.1 Å². The quantitative estimate of drug-likeness (QED) is 0.724. The number of thioether (sulfide) groups is 1. The van der Waals surface area contributed by atoms with Crippen LogP contribution in [0.5, 0.6) is 0 Å². The Hall–Kier alpha value is -0.290. The molecular formula is C15H15Br2NS. The van der Waals surface area contributed by atoms with Gasteiger partial charge >= 0.3 is 0 Å². The molecule has 0 aliphatic rings. The van der Waals surface area contributed by atoms with Gasteiger partial charge in [-0.3, -0.25) is 0 Å². The van der Waals surface area contributed by atoms with Gasteiger partial charge in [0.15, 0.2) is 0 Å². The van der Waals surface area contributed by atoms with Crippen molar-refractivity contribution in [2.45, 2.75) is 17.4 Å². The van der Waals surface area contributed by atoms with E-state index in [9.17, 15) is 0 Å². The van der Waals surface area contributed by atoms with E-state index in [1.54, 1.807) is 11.8 Å². The van der Waals surface area contributed by atoms with E-state index in [-0.39, 0.29) is 6.04 Å². The molecule has 100 valence electrons. The Morgan fingerprint density at radius 3 is 2.26 bits per heavy atom. The molecule has 0 heterocycles. The Morgan fingerprint density at radius 2 is 1.58 bits per heavy atom. The third-order valence-electron chi connectivity index (χ3n) is 2.73. The van der Waals surface area contributed by atoms with Crippen LogP contribution in [-0.2, 0) is 6.42 Å². The summed E-state index contributed by atoms with van der Waals surface area (Å²) in [5, 5.41) is 0. The van der Waals surface area contributed by atoms with Gasteiger partial charge in [-0.25, -0.2) is 0 Å². The number of hydrogen-bond acceptors (Lipinski definition) is 2. The van der Waals surface area contributed by atoms with E-state index in [1.807, 2.05) is 24.3 Å². The molecule has 0 amide bonds. The summed E-state index contributed by atoms with van der Waals surface area (Å²) in [6.07, 6.45) is 0.888. The molecule has 0 aliphatic heterocycles. The maximum atomic E-state index is 6.22. The lowest BCUT2D eigenvalue weighted by molar-refractivity contribution is 0.746. The van der Waals surface area contributed by atoms with Crippen molar-refractivity contribution in [2.75, 3.05) is 5.75 Å². The van der Waals surface area contributed by atoms with Crippen molar-refractivity contribution in [2.24, 2.45) is 5.73 Å². The van der Waals surface area contributed by atoms with Crippen molar-refractivity contribution >= 4 is 43.6 Å². The molecule has 0 bridgehead atoms. The monoisotopic (exact) mass is 399 g/mol. The Kier molecular flexibility index (Phi) is 5.95. The highest BCUT2D eigenvalue weighted by Crippen LogP contribution is 2.28. The predicted octanol–water partition coefficient (Wildman–Crippen LogP) is 4.87. The summed E-state index contributed by atoms with van der Waals surface area (Å²) in [5.74, 6) is 0.907. The van der Waals surface area contributed by atoms with Crippen LogP contribution in [0.25, 0.3) is 0 Å². The summed E-state index contributed by atoms with van der Waals surface area (Å²) in [7, 11) is 0. The molecule has 0 saturated carbocycles.